The largest absolute Gasteiger partial charge is 0.453 e. The highest BCUT2D eigenvalue weighted by atomic mass is 16.6. The second-order valence-corrected chi connectivity index (χ2v) is 2.78. The first-order chi connectivity index (χ1) is 6.36. The van der Waals surface area contributed by atoms with Gasteiger partial charge in [0.05, 0.1) is 13.2 Å². The van der Waals surface area contributed by atoms with Gasteiger partial charge in [0.1, 0.15) is 11.8 Å². The van der Waals surface area contributed by atoms with E-state index in [0.717, 1.165) is 0 Å². The molecule has 0 unspecified atom stereocenters. The smallest absolute Gasteiger partial charge is 0.357 e. The van der Waals surface area contributed by atoms with Crippen molar-refractivity contribution in [2.24, 2.45) is 0 Å². The fourth-order valence-corrected chi connectivity index (χ4v) is 0.977. The number of esters is 1. The summed E-state index contributed by atoms with van der Waals surface area (Å²) in [7, 11) is 0. The quantitative estimate of drug-likeness (QED) is 0.625. The molecule has 2 rings (SSSR count). The van der Waals surface area contributed by atoms with E-state index in [4.69, 9.17) is 9.47 Å². The number of ether oxygens (including phenoxy) is 2. The molecule has 4 nitrogen and oxygen atoms in total. The lowest BCUT2D eigenvalue weighted by atomic mass is 10.3. The lowest BCUT2D eigenvalue weighted by Gasteiger charge is -2.25. The van der Waals surface area contributed by atoms with Gasteiger partial charge in [-0.1, -0.05) is 6.07 Å². The van der Waals surface area contributed by atoms with Crippen LogP contribution in [0.3, 0.4) is 0 Å². The van der Waals surface area contributed by atoms with Crippen molar-refractivity contribution in [3.05, 3.63) is 30.1 Å². The predicted molar refractivity (Wildman–Crippen MR) is 44.3 cm³/mol. The van der Waals surface area contributed by atoms with Crippen molar-refractivity contribution in [1.82, 2.24) is 4.98 Å². The average Bonchev–Trinajstić information content (AvgIpc) is 2.12. The SMILES string of the molecule is O=C(OC1COC1)c1ccccn1. The van der Waals surface area contributed by atoms with Gasteiger partial charge in [0.2, 0.25) is 0 Å². The number of nitrogens with zero attached hydrogens (tertiary/aromatic N) is 1. The minimum Gasteiger partial charge on any atom is -0.453 e. The monoisotopic (exact) mass is 179 g/mol. The van der Waals surface area contributed by atoms with Gasteiger partial charge in [0.25, 0.3) is 0 Å². The van der Waals surface area contributed by atoms with Crippen LogP contribution in [0.2, 0.25) is 0 Å². The van der Waals surface area contributed by atoms with Crippen molar-refractivity contribution in [2.75, 3.05) is 13.2 Å². The van der Waals surface area contributed by atoms with E-state index in [2.05, 4.69) is 4.98 Å². The minimum absolute atomic E-state index is 0.0884. The molecule has 0 amide bonds. The van der Waals surface area contributed by atoms with Gasteiger partial charge in [-0.2, -0.15) is 0 Å². The van der Waals surface area contributed by atoms with Crippen molar-refractivity contribution < 1.29 is 14.3 Å². The third kappa shape index (κ3) is 1.84. The molecular weight excluding hydrogens is 170 g/mol. The van der Waals surface area contributed by atoms with E-state index >= 15 is 0 Å². The second-order valence-electron chi connectivity index (χ2n) is 2.78. The highest BCUT2D eigenvalue weighted by Crippen LogP contribution is 2.08. The molecule has 1 saturated heterocycles. The third-order valence-corrected chi connectivity index (χ3v) is 1.76. The van der Waals surface area contributed by atoms with Gasteiger partial charge >= 0.3 is 5.97 Å². The third-order valence-electron chi connectivity index (χ3n) is 1.76. The summed E-state index contributed by atoms with van der Waals surface area (Å²) < 4.78 is 9.92. The van der Waals surface area contributed by atoms with Crippen LogP contribution in [0.25, 0.3) is 0 Å². The summed E-state index contributed by atoms with van der Waals surface area (Å²) in [5.74, 6) is -0.381. The number of carbonyl (C=O) groups is 1. The highest BCUT2D eigenvalue weighted by Gasteiger charge is 2.23. The summed E-state index contributed by atoms with van der Waals surface area (Å²) in [6, 6.07) is 5.13. The highest BCUT2D eigenvalue weighted by molar-refractivity contribution is 5.87. The normalized spacial score (nSPS) is 16.3. The molecule has 0 atom stereocenters. The standard InChI is InChI=1S/C9H9NO3/c11-9(13-7-5-12-6-7)8-3-1-2-4-10-8/h1-4,7H,5-6H2. The van der Waals surface area contributed by atoms with Gasteiger partial charge in [-0.05, 0) is 12.1 Å². The van der Waals surface area contributed by atoms with Crippen LogP contribution < -0.4 is 0 Å². The maximum atomic E-state index is 11.3. The Labute approximate surface area is 75.5 Å². The lowest BCUT2D eigenvalue weighted by molar-refractivity contribution is -0.103. The van der Waals surface area contributed by atoms with Gasteiger partial charge in [0, 0.05) is 6.20 Å². The van der Waals surface area contributed by atoms with Crippen LogP contribution in [-0.2, 0) is 9.47 Å². The van der Waals surface area contributed by atoms with E-state index in [1.807, 2.05) is 0 Å². The van der Waals surface area contributed by atoms with Crippen LogP contribution in [0.5, 0.6) is 0 Å². The molecule has 1 aliphatic heterocycles. The van der Waals surface area contributed by atoms with Gasteiger partial charge < -0.3 is 9.47 Å². The van der Waals surface area contributed by atoms with Crippen LogP contribution in [0.15, 0.2) is 24.4 Å². The first-order valence-electron chi connectivity index (χ1n) is 4.06. The Kier molecular flexibility index (Phi) is 2.23. The molecule has 0 aliphatic carbocycles. The van der Waals surface area contributed by atoms with Crippen molar-refractivity contribution in [3.8, 4) is 0 Å². The molecule has 1 fully saturated rings. The first kappa shape index (κ1) is 8.19. The maximum absolute atomic E-state index is 11.3. The molecule has 0 spiro atoms. The number of pyridine rings is 1. The van der Waals surface area contributed by atoms with Crippen LogP contribution in [-0.4, -0.2) is 30.3 Å². The summed E-state index contributed by atoms with van der Waals surface area (Å²) >= 11 is 0. The van der Waals surface area contributed by atoms with Crippen molar-refractivity contribution >= 4 is 5.97 Å². The van der Waals surface area contributed by atoms with Crippen LogP contribution >= 0.6 is 0 Å². The number of aromatic nitrogens is 1. The summed E-state index contributed by atoms with van der Waals surface area (Å²) in [6.07, 6.45) is 1.47. The fourth-order valence-electron chi connectivity index (χ4n) is 0.977. The van der Waals surface area contributed by atoms with Crippen LogP contribution in [0.1, 0.15) is 10.5 Å². The average molecular weight is 179 g/mol. The fraction of sp³-hybridized carbons (Fsp3) is 0.333. The summed E-state index contributed by atoms with van der Waals surface area (Å²) in [5.41, 5.74) is 0.342. The van der Waals surface area contributed by atoms with Gasteiger partial charge in [-0.15, -0.1) is 0 Å². The second kappa shape index (κ2) is 3.53. The van der Waals surface area contributed by atoms with Gasteiger partial charge in [-0.25, -0.2) is 9.78 Å². The Morgan fingerprint density at radius 3 is 2.92 bits per heavy atom. The maximum Gasteiger partial charge on any atom is 0.357 e. The minimum atomic E-state index is -0.381. The van der Waals surface area contributed by atoms with Crippen LogP contribution in [0.4, 0.5) is 0 Å². The van der Waals surface area contributed by atoms with Crippen molar-refractivity contribution in [3.63, 3.8) is 0 Å². The van der Waals surface area contributed by atoms with Crippen molar-refractivity contribution in [2.45, 2.75) is 6.10 Å². The number of rotatable bonds is 2. The number of hydrogen-bond acceptors (Lipinski definition) is 4. The first-order valence-corrected chi connectivity index (χ1v) is 4.06. The molecule has 0 bridgehead atoms. The Hall–Kier alpha value is -1.42. The number of hydrogen-bond donors (Lipinski definition) is 0. The Balaban J connectivity index is 1.97. The molecule has 68 valence electrons. The van der Waals surface area contributed by atoms with Crippen LogP contribution in [0, 0.1) is 0 Å². The Morgan fingerprint density at radius 1 is 1.54 bits per heavy atom. The van der Waals surface area contributed by atoms with Gasteiger partial charge in [0.15, 0.2) is 0 Å². The Bertz CT molecular complexity index is 295. The molecule has 1 aromatic heterocycles. The molecule has 0 radical (unpaired) electrons. The number of carbonyl (C=O) groups excluding carboxylic acids is 1. The van der Waals surface area contributed by atoms with E-state index in [-0.39, 0.29) is 12.1 Å². The zero-order valence-corrected chi connectivity index (χ0v) is 6.97. The zero-order chi connectivity index (χ0) is 9.10. The van der Waals surface area contributed by atoms with Gasteiger partial charge in [-0.3, -0.25) is 0 Å². The topological polar surface area (TPSA) is 48.4 Å². The van der Waals surface area contributed by atoms with E-state index < -0.39 is 0 Å². The molecular formula is C9H9NO3. The molecule has 13 heavy (non-hydrogen) atoms. The molecule has 1 aliphatic rings. The van der Waals surface area contributed by atoms with E-state index in [1.165, 1.54) is 0 Å². The molecule has 4 heteroatoms. The van der Waals surface area contributed by atoms with Crippen molar-refractivity contribution in [1.29, 1.82) is 0 Å². The summed E-state index contributed by atoms with van der Waals surface area (Å²) in [6.45, 7) is 0.997. The molecule has 2 heterocycles. The molecule has 0 aromatic carbocycles. The lowest BCUT2D eigenvalue weighted by Crippen LogP contribution is -2.37. The predicted octanol–water partition coefficient (Wildman–Crippen LogP) is 0.637. The molecule has 1 aromatic rings. The van der Waals surface area contributed by atoms with E-state index in [9.17, 15) is 4.79 Å². The summed E-state index contributed by atoms with van der Waals surface area (Å²) in [4.78, 5) is 15.2. The van der Waals surface area contributed by atoms with E-state index in [0.29, 0.717) is 18.9 Å². The zero-order valence-electron chi connectivity index (χ0n) is 6.97. The van der Waals surface area contributed by atoms with E-state index in [1.54, 1.807) is 24.4 Å². The Morgan fingerprint density at radius 2 is 2.38 bits per heavy atom. The summed E-state index contributed by atoms with van der Waals surface area (Å²) in [5, 5.41) is 0. The molecule has 0 N–H and O–H groups in total. The molecule has 0 saturated carbocycles.